The second-order valence-electron chi connectivity index (χ2n) is 4.01. The molecule has 0 radical (unpaired) electrons. The van der Waals surface area contributed by atoms with Crippen LogP contribution in [0, 0.1) is 6.92 Å². The first-order valence-electron chi connectivity index (χ1n) is 4.95. The number of hydrogen-bond donors (Lipinski definition) is 0. The monoisotopic (exact) mass is 192 g/mol. The minimum absolute atomic E-state index is 0.0585. The number of methoxy groups -OCH3 is 1. The van der Waals surface area contributed by atoms with Crippen molar-refractivity contribution in [3.63, 3.8) is 0 Å². The van der Waals surface area contributed by atoms with Gasteiger partial charge in [0.1, 0.15) is 5.75 Å². The van der Waals surface area contributed by atoms with Gasteiger partial charge in [0.15, 0.2) is 0 Å². The maximum Gasteiger partial charge on any atom is 0.121 e. The molecule has 1 aliphatic heterocycles. The third kappa shape index (κ3) is 1.40. The third-order valence-corrected chi connectivity index (χ3v) is 3.01. The van der Waals surface area contributed by atoms with Crippen LogP contribution in [0.3, 0.4) is 0 Å². The summed E-state index contributed by atoms with van der Waals surface area (Å²) in [7, 11) is 1.70. The Balaban J connectivity index is 2.32. The number of hydrogen-bond acceptors (Lipinski definition) is 2. The summed E-state index contributed by atoms with van der Waals surface area (Å²) in [5, 5.41) is 0. The van der Waals surface area contributed by atoms with E-state index in [2.05, 4.69) is 26.0 Å². The molecule has 1 aromatic rings. The molecule has 0 amide bonds. The molecule has 0 bridgehead atoms. The lowest BCUT2D eigenvalue weighted by atomic mass is 9.87. The van der Waals surface area contributed by atoms with Crippen LogP contribution in [0.5, 0.6) is 5.75 Å². The van der Waals surface area contributed by atoms with Gasteiger partial charge in [-0.25, -0.2) is 0 Å². The highest BCUT2D eigenvalue weighted by Gasteiger charge is 2.35. The van der Waals surface area contributed by atoms with Crippen LogP contribution in [0.4, 0.5) is 0 Å². The first-order chi connectivity index (χ1) is 6.65. The molecule has 2 nitrogen and oxygen atoms in total. The van der Waals surface area contributed by atoms with Gasteiger partial charge in [-0.1, -0.05) is 6.07 Å². The van der Waals surface area contributed by atoms with E-state index in [0.717, 1.165) is 18.8 Å². The minimum atomic E-state index is -0.0585. The van der Waals surface area contributed by atoms with Crippen molar-refractivity contribution in [3.05, 3.63) is 29.3 Å². The van der Waals surface area contributed by atoms with Crippen LogP contribution in [-0.4, -0.2) is 13.7 Å². The number of benzene rings is 1. The van der Waals surface area contributed by atoms with Crippen LogP contribution in [0.25, 0.3) is 0 Å². The number of aryl methyl sites for hydroxylation is 1. The predicted molar refractivity (Wildman–Crippen MR) is 55.7 cm³/mol. The van der Waals surface area contributed by atoms with Gasteiger partial charge in [-0.15, -0.1) is 0 Å². The first kappa shape index (κ1) is 9.53. The highest BCUT2D eigenvalue weighted by molar-refractivity contribution is 5.38. The fourth-order valence-electron chi connectivity index (χ4n) is 1.84. The van der Waals surface area contributed by atoms with Crippen LogP contribution < -0.4 is 4.74 Å². The van der Waals surface area contributed by atoms with E-state index in [0.29, 0.717) is 0 Å². The van der Waals surface area contributed by atoms with E-state index in [9.17, 15) is 0 Å². The maximum absolute atomic E-state index is 5.59. The van der Waals surface area contributed by atoms with E-state index in [-0.39, 0.29) is 5.60 Å². The molecule has 0 aliphatic carbocycles. The van der Waals surface area contributed by atoms with E-state index in [1.54, 1.807) is 7.11 Å². The van der Waals surface area contributed by atoms with Gasteiger partial charge in [0.2, 0.25) is 0 Å². The molecule has 14 heavy (non-hydrogen) atoms. The summed E-state index contributed by atoms with van der Waals surface area (Å²) >= 11 is 0. The molecule has 1 atom stereocenters. The van der Waals surface area contributed by atoms with Crippen molar-refractivity contribution >= 4 is 0 Å². The van der Waals surface area contributed by atoms with Crippen LogP contribution in [0.15, 0.2) is 18.2 Å². The van der Waals surface area contributed by atoms with Crippen molar-refractivity contribution in [1.82, 2.24) is 0 Å². The lowest BCUT2D eigenvalue weighted by Gasteiger charge is -2.39. The summed E-state index contributed by atoms with van der Waals surface area (Å²) in [6.45, 7) is 5.07. The lowest BCUT2D eigenvalue weighted by molar-refractivity contribution is -0.140. The molecule has 1 fully saturated rings. The molecular formula is C12H16O2. The van der Waals surface area contributed by atoms with Gasteiger partial charge in [-0.05, 0) is 37.1 Å². The molecule has 2 rings (SSSR count). The number of ether oxygens (including phenoxy) is 2. The molecule has 1 saturated heterocycles. The van der Waals surface area contributed by atoms with Crippen molar-refractivity contribution in [2.45, 2.75) is 25.9 Å². The molecule has 1 aliphatic rings. The van der Waals surface area contributed by atoms with Gasteiger partial charge in [0.25, 0.3) is 0 Å². The third-order valence-electron chi connectivity index (χ3n) is 3.01. The number of rotatable bonds is 2. The largest absolute Gasteiger partial charge is 0.496 e. The molecule has 1 unspecified atom stereocenters. The highest BCUT2D eigenvalue weighted by Crippen LogP contribution is 2.38. The molecule has 0 saturated carbocycles. The first-order valence-corrected chi connectivity index (χ1v) is 4.95. The molecule has 0 aromatic heterocycles. The van der Waals surface area contributed by atoms with E-state index < -0.39 is 0 Å². The van der Waals surface area contributed by atoms with Gasteiger partial charge in [-0.2, -0.15) is 0 Å². The fraction of sp³-hybridized carbons (Fsp3) is 0.500. The second-order valence-corrected chi connectivity index (χ2v) is 4.01. The van der Waals surface area contributed by atoms with Gasteiger partial charge in [-0.3, -0.25) is 0 Å². The molecule has 0 N–H and O–H groups in total. The highest BCUT2D eigenvalue weighted by atomic mass is 16.5. The van der Waals surface area contributed by atoms with Crippen molar-refractivity contribution in [3.8, 4) is 5.75 Å². The van der Waals surface area contributed by atoms with Crippen molar-refractivity contribution in [2.75, 3.05) is 13.7 Å². The summed E-state index contributed by atoms with van der Waals surface area (Å²) in [5.41, 5.74) is 2.36. The summed E-state index contributed by atoms with van der Waals surface area (Å²) in [4.78, 5) is 0. The molecule has 0 spiro atoms. The summed E-state index contributed by atoms with van der Waals surface area (Å²) in [6, 6.07) is 6.25. The molecule has 1 aromatic carbocycles. The average molecular weight is 192 g/mol. The van der Waals surface area contributed by atoms with Crippen LogP contribution in [-0.2, 0) is 10.3 Å². The van der Waals surface area contributed by atoms with Crippen molar-refractivity contribution in [1.29, 1.82) is 0 Å². The SMILES string of the molecule is COc1ccc(C2(C)CCO2)cc1C. The maximum atomic E-state index is 5.59. The Morgan fingerprint density at radius 3 is 2.57 bits per heavy atom. The zero-order valence-corrected chi connectivity index (χ0v) is 8.96. The van der Waals surface area contributed by atoms with Gasteiger partial charge in [0.05, 0.1) is 19.3 Å². The molecular weight excluding hydrogens is 176 g/mol. The quantitative estimate of drug-likeness (QED) is 0.717. The predicted octanol–water partition coefficient (Wildman–Crippen LogP) is 2.64. The van der Waals surface area contributed by atoms with Crippen molar-refractivity contribution < 1.29 is 9.47 Å². The Morgan fingerprint density at radius 1 is 1.43 bits per heavy atom. The smallest absolute Gasteiger partial charge is 0.121 e. The van der Waals surface area contributed by atoms with Gasteiger partial charge in [0, 0.05) is 6.42 Å². The van der Waals surface area contributed by atoms with E-state index in [4.69, 9.17) is 9.47 Å². The minimum Gasteiger partial charge on any atom is -0.496 e. The lowest BCUT2D eigenvalue weighted by Crippen LogP contribution is -2.37. The molecule has 76 valence electrons. The van der Waals surface area contributed by atoms with Gasteiger partial charge < -0.3 is 9.47 Å². The van der Waals surface area contributed by atoms with Crippen LogP contribution in [0.2, 0.25) is 0 Å². The molecule has 2 heteroatoms. The van der Waals surface area contributed by atoms with Crippen LogP contribution in [0.1, 0.15) is 24.5 Å². The summed E-state index contributed by atoms with van der Waals surface area (Å²) in [6.07, 6.45) is 1.11. The standard InChI is InChI=1S/C12H16O2/c1-9-8-10(4-5-11(9)13-3)12(2)6-7-14-12/h4-5,8H,6-7H2,1-3H3. The van der Waals surface area contributed by atoms with Crippen LogP contribution >= 0.6 is 0 Å². The fourth-order valence-corrected chi connectivity index (χ4v) is 1.84. The summed E-state index contributed by atoms with van der Waals surface area (Å²) < 4.78 is 10.8. The zero-order chi connectivity index (χ0) is 10.2. The van der Waals surface area contributed by atoms with Crippen molar-refractivity contribution in [2.24, 2.45) is 0 Å². The Bertz CT molecular complexity index is 340. The van der Waals surface area contributed by atoms with E-state index in [1.165, 1.54) is 11.1 Å². The topological polar surface area (TPSA) is 18.5 Å². The second kappa shape index (κ2) is 3.28. The Kier molecular flexibility index (Phi) is 2.23. The Hall–Kier alpha value is -1.02. The summed E-state index contributed by atoms with van der Waals surface area (Å²) in [5.74, 6) is 0.941. The van der Waals surface area contributed by atoms with E-state index in [1.807, 2.05) is 6.07 Å². The average Bonchev–Trinajstić information content (AvgIpc) is 2.14. The Morgan fingerprint density at radius 2 is 2.14 bits per heavy atom. The Labute approximate surface area is 84.8 Å². The molecule has 1 heterocycles. The van der Waals surface area contributed by atoms with Gasteiger partial charge >= 0.3 is 0 Å². The zero-order valence-electron chi connectivity index (χ0n) is 8.96. The normalized spacial score (nSPS) is 25.6. The van der Waals surface area contributed by atoms with E-state index >= 15 is 0 Å².